The second-order valence-corrected chi connectivity index (χ2v) is 9.32. The van der Waals surface area contributed by atoms with Crippen molar-refractivity contribution in [3.63, 3.8) is 0 Å². The zero-order chi connectivity index (χ0) is 22.6. The second kappa shape index (κ2) is 9.36. The minimum atomic E-state index is -3.61. The monoisotopic (exact) mass is 447 g/mol. The second-order valence-electron chi connectivity index (χ2n) is 7.31. The number of rotatable bonds is 3. The molecular formula is C21H25N3O6S. The van der Waals surface area contributed by atoms with Gasteiger partial charge in [-0.15, -0.1) is 0 Å². The van der Waals surface area contributed by atoms with Gasteiger partial charge in [0.2, 0.25) is 10.0 Å². The maximum absolute atomic E-state index is 12.9. The molecule has 0 saturated carbocycles. The zero-order valence-electron chi connectivity index (χ0n) is 17.3. The third kappa shape index (κ3) is 5.74. The first kappa shape index (κ1) is 22.6. The highest BCUT2D eigenvalue weighted by Gasteiger charge is 2.20. The fourth-order valence-corrected chi connectivity index (χ4v) is 3.65. The van der Waals surface area contributed by atoms with Gasteiger partial charge in [0.05, 0.1) is 31.1 Å². The van der Waals surface area contributed by atoms with E-state index in [4.69, 9.17) is 4.74 Å². The normalized spacial score (nSPS) is 17.5. The molecule has 1 aliphatic heterocycles. The molecule has 166 valence electrons. The van der Waals surface area contributed by atoms with Crippen LogP contribution in [0.25, 0.3) is 0 Å². The number of carbonyl (C=O) groups excluding carboxylic acids is 2. The van der Waals surface area contributed by atoms with Gasteiger partial charge < -0.3 is 20.5 Å². The Balaban J connectivity index is 2.01. The van der Waals surface area contributed by atoms with Crippen molar-refractivity contribution in [2.24, 2.45) is 0 Å². The van der Waals surface area contributed by atoms with E-state index in [1.807, 2.05) is 18.2 Å². The molecule has 2 amide bonds. The van der Waals surface area contributed by atoms with E-state index in [2.05, 4.69) is 10.6 Å². The summed E-state index contributed by atoms with van der Waals surface area (Å²) in [6.45, 7) is 0.148. The first-order chi connectivity index (χ1) is 14.7. The number of sulfonamides is 1. The van der Waals surface area contributed by atoms with Crippen LogP contribution in [0.4, 0.5) is 5.69 Å². The predicted molar refractivity (Wildman–Crippen MR) is 116 cm³/mol. The predicted octanol–water partition coefficient (Wildman–Crippen LogP) is 0.538. The number of amides is 2. The van der Waals surface area contributed by atoms with Gasteiger partial charge in [0.25, 0.3) is 11.8 Å². The van der Waals surface area contributed by atoms with Crippen molar-refractivity contribution in [1.82, 2.24) is 10.6 Å². The largest absolute Gasteiger partial charge is 0.492 e. The van der Waals surface area contributed by atoms with E-state index >= 15 is 0 Å². The van der Waals surface area contributed by atoms with Crippen LogP contribution in [-0.4, -0.2) is 64.4 Å². The minimum absolute atomic E-state index is 0.108. The summed E-state index contributed by atoms with van der Waals surface area (Å²) < 4.78 is 30.6. The molecule has 1 heterocycles. The van der Waals surface area contributed by atoms with Crippen LogP contribution in [0.1, 0.15) is 26.3 Å². The van der Waals surface area contributed by atoms with Crippen LogP contribution >= 0.6 is 0 Å². The fraction of sp³-hybridized carbons (Fsp3) is 0.333. The highest BCUT2D eigenvalue weighted by molar-refractivity contribution is 7.92. The lowest BCUT2D eigenvalue weighted by atomic mass is 10.0. The van der Waals surface area contributed by atoms with Crippen LogP contribution in [0, 0.1) is 0 Å². The zero-order valence-corrected chi connectivity index (χ0v) is 18.1. The molecule has 9 nitrogen and oxygen atoms in total. The first-order valence-electron chi connectivity index (χ1n) is 9.68. The quantitative estimate of drug-likeness (QED) is 0.631. The maximum Gasteiger partial charge on any atom is 0.251 e. The first-order valence-corrected chi connectivity index (χ1v) is 11.5. The molecule has 1 aliphatic rings. The van der Waals surface area contributed by atoms with Crippen molar-refractivity contribution in [3.05, 3.63) is 59.2 Å². The van der Waals surface area contributed by atoms with Gasteiger partial charge in [-0.2, -0.15) is 0 Å². The third-order valence-electron chi connectivity index (χ3n) is 4.90. The van der Waals surface area contributed by atoms with E-state index < -0.39 is 27.9 Å². The molecule has 0 saturated heterocycles. The number of nitrogens with one attached hydrogen (secondary N) is 2. The van der Waals surface area contributed by atoms with Crippen molar-refractivity contribution < 1.29 is 27.9 Å². The van der Waals surface area contributed by atoms with E-state index in [0.29, 0.717) is 12.2 Å². The lowest BCUT2D eigenvalue weighted by molar-refractivity contribution is 0.0916. The Bertz CT molecular complexity index is 1090. The van der Waals surface area contributed by atoms with Crippen molar-refractivity contribution in [2.75, 3.05) is 37.4 Å². The number of carbonyl (C=O) groups is 2. The van der Waals surface area contributed by atoms with Gasteiger partial charge in [-0.25, -0.2) is 8.42 Å². The Hall–Kier alpha value is -3.11. The average Bonchev–Trinajstić information content (AvgIpc) is 2.74. The van der Waals surface area contributed by atoms with E-state index in [0.717, 1.165) is 16.1 Å². The highest BCUT2D eigenvalue weighted by Crippen LogP contribution is 2.21. The average molecular weight is 448 g/mol. The van der Waals surface area contributed by atoms with Crippen LogP contribution in [0.2, 0.25) is 0 Å². The van der Waals surface area contributed by atoms with Crippen molar-refractivity contribution in [2.45, 2.75) is 12.5 Å². The molecule has 2 aromatic rings. The summed E-state index contributed by atoms with van der Waals surface area (Å²) in [6.07, 6.45) is 1.40. The molecule has 10 heteroatoms. The van der Waals surface area contributed by atoms with Crippen LogP contribution < -0.4 is 19.7 Å². The standard InChI is InChI=1S/C21H25N3O6S/c1-24(31(2,28)29)18-11-15-10-16(12-18)21(27)23-17(13-25)8-14-4-3-5-19(9-14)30-7-6-22-20(15)26/h3-5,9-12,17,25H,6-8,13H2,1-2H3,(H,22,26)(H,23,27)/t17-/m0/s1. The van der Waals surface area contributed by atoms with Gasteiger partial charge in [0.1, 0.15) is 12.4 Å². The molecular weight excluding hydrogens is 422 g/mol. The Morgan fingerprint density at radius 3 is 2.52 bits per heavy atom. The van der Waals surface area contributed by atoms with Crippen molar-refractivity contribution >= 4 is 27.5 Å². The lowest BCUT2D eigenvalue weighted by Crippen LogP contribution is -2.39. The van der Waals surface area contributed by atoms with Gasteiger partial charge in [-0.3, -0.25) is 13.9 Å². The summed E-state index contributed by atoms with van der Waals surface area (Å²) in [5, 5.41) is 15.2. The van der Waals surface area contributed by atoms with Crippen LogP contribution in [0.3, 0.4) is 0 Å². The molecule has 1 atom stereocenters. The summed E-state index contributed by atoms with van der Waals surface area (Å²) in [5.41, 5.74) is 1.28. The number of hydrogen-bond donors (Lipinski definition) is 3. The molecule has 0 unspecified atom stereocenters. The highest BCUT2D eigenvalue weighted by atomic mass is 32.2. The summed E-state index contributed by atoms with van der Waals surface area (Å²) >= 11 is 0. The third-order valence-corrected chi connectivity index (χ3v) is 6.10. The van der Waals surface area contributed by atoms with E-state index in [-0.39, 0.29) is 36.6 Å². The van der Waals surface area contributed by atoms with E-state index in [9.17, 15) is 23.1 Å². The van der Waals surface area contributed by atoms with Gasteiger partial charge in [0.15, 0.2) is 0 Å². The number of anilines is 1. The van der Waals surface area contributed by atoms with Gasteiger partial charge >= 0.3 is 0 Å². The number of fused-ring (bicyclic) bond motifs is 4. The fourth-order valence-electron chi connectivity index (χ4n) is 3.16. The number of aliphatic hydroxyl groups excluding tert-OH is 1. The summed E-state index contributed by atoms with van der Waals surface area (Å²) in [4.78, 5) is 25.5. The number of ether oxygens (including phenoxy) is 1. The van der Waals surface area contributed by atoms with Crippen molar-refractivity contribution in [3.8, 4) is 5.75 Å². The Morgan fingerprint density at radius 1 is 1.13 bits per heavy atom. The molecule has 0 aliphatic carbocycles. The minimum Gasteiger partial charge on any atom is -0.492 e. The van der Waals surface area contributed by atoms with Gasteiger partial charge in [-0.1, -0.05) is 12.1 Å². The van der Waals surface area contributed by atoms with Crippen molar-refractivity contribution in [1.29, 1.82) is 0 Å². The summed E-state index contributed by atoms with van der Waals surface area (Å²) in [7, 11) is -2.27. The van der Waals surface area contributed by atoms with Gasteiger partial charge in [-0.05, 0) is 42.3 Å². The van der Waals surface area contributed by atoms with E-state index in [1.54, 1.807) is 6.07 Å². The Kier molecular flexibility index (Phi) is 6.81. The topological polar surface area (TPSA) is 125 Å². The molecule has 0 fully saturated rings. The summed E-state index contributed by atoms with van der Waals surface area (Å²) in [6, 6.07) is 10.9. The summed E-state index contributed by atoms with van der Waals surface area (Å²) in [5.74, 6) is -0.384. The molecule has 0 radical (unpaired) electrons. The number of aliphatic hydroxyl groups is 1. The molecule has 31 heavy (non-hydrogen) atoms. The molecule has 3 N–H and O–H groups in total. The number of hydrogen-bond acceptors (Lipinski definition) is 6. The SMILES string of the molecule is CN(c1cc2cc(c1)C(=O)N[C@H](CO)Cc1cccc(c1)OCCNC2=O)S(C)(=O)=O. The Labute approximate surface area is 181 Å². The molecule has 0 aromatic heterocycles. The van der Waals surface area contributed by atoms with Crippen LogP contribution in [-0.2, 0) is 16.4 Å². The number of benzene rings is 2. The van der Waals surface area contributed by atoms with Gasteiger partial charge in [0, 0.05) is 18.2 Å². The number of nitrogens with zero attached hydrogens (tertiary/aromatic N) is 1. The van der Waals surface area contributed by atoms with Crippen LogP contribution in [0.15, 0.2) is 42.5 Å². The molecule has 0 spiro atoms. The van der Waals surface area contributed by atoms with Crippen LogP contribution in [0.5, 0.6) is 5.75 Å². The lowest BCUT2D eigenvalue weighted by Gasteiger charge is -2.20. The molecule has 2 aromatic carbocycles. The van der Waals surface area contributed by atoms with E-state index in [1.165, 1.54) is 25.2 Å². The maximum atomic E-state index is 12.9. The molecule has 4 bridgehead atoms. The molecule has 3 rings (SSSR count). The Morgan fingerprint density at radius 2 is 1.84 bits per heavy atom. The smallest absolute Gasteiger partial charge is 0.251 e.